The first-order valence-electron chi connectivity index (χ1n) is 7.64. The normalized spacial score (nSPS) is 20.1. The van der Waals surface area contributed by atoms with E-state index < -0.39 is 0 Å². The van der Waals surface area contributed by atoms with Crippen molar-refractivity contribution in [3.05, 3.63) is 60.2 Å². The highest BCUT2D eigenvalue weighted by Gasteiger charge is 2.35. The molecule has 0 aliphatic carbocycles. The molecule has 1 heterocycles. The van der Waals surface area contributed by atoms with Crippen molar-refractivity contribution in [3.8, 4) is 0 Å². The first-order chi connectivity index (χ1) is 10.5. The van der Waals surface area contributed by atoms with Crippen molar-refractivity contribution in [2.45, 2.75) is 42.9 Å². The predicted octanol–water partition coefficient (Wildman–Crippen LogP) is 5.00. The van der Waals surface area contributed by atoms with E-state index in [0.29, 0.717) is 0 Å². The minimum Gasteiger partial charge on any atom is -0.304 e. The quantitative estimate of drug-likeness (QED) is 0.739. The zero-order valence-electron chi connectivity index (χ0n) is 13.2. The molecule has 1 aliphatic heterocycles. The van der Waals surface area contributed by atoms with Gasteiger partial charge < -0.3 is 4.90 Å². The average molecular weight is 311 g/mol. The number of amides is 1. The van der Waals surface area contributed by atoms with Crippen molar-refractivity contribution in [2.24, 2.45) is 0 Å². The lowest BCUT2D eigenvalue weighted by molar-refractivity contribution is 0.0976. The molecule has 1 aliphatic rings. The summed E-state index contributed by atoms with van der Waals surface area (Å²) in [6.07, 6.45) is 0.963. The highest BCUT2D eigenvalue weighted by Crippen LogP contribution is 2.45. The molecule has 2 aromatic carbocycles. The maximum absolute atomic E-state index is 13.1. The molecule has 0 saturated carbocycles. The molecule has 1 unspecified atom stereocenters. The lowest BCUT2D eigenvalue weighted by atomic mass is 10.0. The van der Waals surface area contributed by atoms with Crippen molar-refractivity contribution < 1.29 is 4.79 Å². The third-order valence-electron chi connectivity index (χ3n) is 3.98. The van der Waals surface area contributed by atoms with Gasteiger partial charge in [0.25, 0.3) is 5.91 Å². The third-order valence-corrected chi connectivity index (χ3v) is 5.26. The summed E-state index contributed by atoms with van der Waals surface area (Å²) >= 11 is 1.86. The van der Waals surface area contributed by atoms with Crippen LogP contribution in [0.3, 0.4) is 0 Å². The second-order valence-electron chi connectivity index (χ2n) is 6.42. The molecular formula is C19H21NOS. The molecule has 0 aromatic heterocycles. The number of anilines is 1. The number of carbonyl (C=O) groups is 1. The summed E-state index contributed by atoms with van der Waals surface area (Å²) in [6.45, 7) is 6.65. The summed E-state index contributed by atoms with van der Waals surface area (Å²) < 4.78 is 0.112. The van der Waals surface area contributed by atoms with Crippen LogP contribution in [-0.2, 0) is 0 Å². The number of nitrogens with zero attached hydrogens (tertiary/aromatic N) is 1. The Morgan fingerprint density at radius 1 is 1.09 bits per heavy atom. The van der Waals surface area contributed by atoms with Gasteiger partial charge in [0.05, 0.1) is 5.69 Å². The van der Waals surface area contributed by atoms with Gasteiger partial charge in [-0.15, -0.1) is 11.8 Å². The van der Waals surface area contributed by atoms with E-state index in [1.54, 1.807) is 0 Å². The summed E-state index contributed by atoms with van der Waals surface area (Å²) in [5.41, 5.74) is 1.77. The first kappa shape index (κ1) is 15.2. The Labute approximate surface area is 136 Å². The number of carbonyl (C=O) groups excluding carboxylic acids is 1. The minimum absolute atomic E-state index is 0.0823. The van der Waals surface area contributed by atoms with Crippen LogP contribution in [0.25, 0.3) is 0 Å². The van der Waals surface area contributed by atoms with Gasteiger partial charge in [0, 0.05) is 21.2 Å². The van der Waals surface area contributed by atoms with Crippen LogP contribution in [0.2, 0.25) is 0 Å². The maximum Gasteiger partial charge on any atom is 0.258 e. The molecule has 22 heavy (non-hydrogen) atoms. The Morgan fingerprint density at radius 2 is 1.73 bits per heavy atom. The zero-order valence-corrected chi connectivity index (χ0v) is 14.1. The van der Waals surface area contributed by atoms with Gasteiger partial charge in [0.1, 0.15) is 0 Å². The summed E-state index contributed by atoms with van der Waals surface area (Å²) in [4.78, 5) is 16.2. The summed E-state index contributed by atoms with van der Waals surface area (Å²) in [7, 11) is 0. The average Bonchev–Trinajstić information content (AvgIpc) is 2.59. The van der Waals surface area contributed by atoms with Gasteiger partial charge in [0.15, 0.2) is 0 Å². The zero-order chi connectivity index (χ0) is 15.7. The molecule has 1 amide bonds. The van der Waals surface area contributed by atoms with Gasteiger partial charge in [-0.25, -0.2) is 0 Å². The van der Waals surface area contributed by atoms with Crippen LogP contribution in [0.5, 0.6) is 0 Å². The summed E-state index contributed by atoms with van der Waals surface area (Å²) in [6, 6.07) is 17.9. The molecule has 0 radical (unpaired) electrons. The van der Waals surface area contributed by atoms with Crippen molar-refractivity contribution in [1.29, 1.82) is 0 Å². The number of thioether (sulfide) groups is 1. The second-order valence-corrected chi connectivity index (χ2v) is 8.17. The van der Waals surface area contributed by atoms with E-state index in [1.165, 1.54) is 4.90 Å². The number of para-hydroxylation sites is 1. The van der Waals surface area contributed by atoms with Crippen LogP contribution in [0.15, 0.2) is 59.5 Å². The van der Waals surface area contributed by atoms with Crippen LogP contribution in [-0.4, -0.2) is 16.7 Å². The number of hydrogen-bond donors (Lipinski definition) is 0. The van der Waals surface area contributed by atoms with E-state index in [4.69, 9.17) is 0 Å². The maximum atomic E-state index is 13.1. The molecule has 3 heteroatoms. The lowest BCUT2D eigenvalue weighted by Gasteiger charge is -2.30. The van der Waals surface area contributed by atoms with Crippen molar-refractivity contribution in [1.82, 2.24) is 0 Å². The Bertz CT molecular complexity index is 681. The largest absolute Gasteiger partial charge is 0.304 e. The van der Waals surface area contributed by atoms with Gasteiger partial charge in [-0.05, 0) is 37.6 Å². The Hall–Kier alpha value is -1.74. The number of rotatable bonds is 1. The summed E-state index contributed by atoms with van der Waals surface area (Å²) in [5, 5.41) is 0. The molecule has 0 bridgehead atoms. The summed E-state index contributed by atoms with van der Waals surface area (Å²) in [5.74, 6) is 0.0823. The molecule has 0 spiro atoms. The molecule has 3 rings (SSSR count). The van der Waals surface area contributed by atoms with Crippen LogP contribution >= 0.6 is 11.8 Å². The van der Waals surface area contributed by atoms with E-state index in [1.807, 2.05) is 59.1 Å². The van der Waals surface area contributed by atoms with E-state index in [2.05, 4.69) is 32.9 Å². The van der Waals surface area contributed by atoms with E-state index in [0.717, 1.165) is 17.7 Å². The van der Waals surface area contributed by atoms with Gasteiger partial charge in [-0.2, -0.15) is 0 Å². The SMILES string of the molecule is CC1CC(C)(C)Sc2ccccc2N1C(=O)c1ccccc1. The van der Waals surface area contributed by atoms with Crippen LogP contribution in [0, 0.1) is 0 Å². The van der Waals surface area contributed by atoms with Gasteiger partial charge in [0.2, 0.25) is 0 Å². The smallest absolute Gasteiger partial charge is 0.258 e. The molecule has 2 aromatic rings. The van der Waals surface area contributed by atoms with Gasteiger partial charge in [-0.3, -0.25) is 4.79 Å². The predicted molar refractivity (Wildman–Crippen MR) is 93.7 cm³/mol. The van der Waals surface area contributed by atoms with Gasteiger partial charge >= 0.3 is 0 Å². The lowest BCUT2D eigenvalue weighted by Crippen LogP contribution is -2.40. The minimum atomic E-state index is 0.0823. The van der Waals surface area contributed by atoms with Crippen LogP contribution in [0.1, 0.15) is 37.6 Å². The fraction of sp³-hybridized carbons (Fsp3) is 0.316. The topological polar surface area (TPSA) is 20.3 Å². The van der Waals surface area contributed by atoms with E-state index >= 15 is 0 Å². The van der Waals surface area contributed by atoms with Crippen molar-refractivity contribution in [2.75, 3.05) is 4.90 Å². The van der Waals surface area contributed by atoms with Crippen LogP contribution in [0.4, 0.5) is 5.69 Å². The molecular weight excluding hydrogens is 290 g/mol. The number of hydrogen-bond acceptors (Lipinski definition) is 2. The van der Waals surface area contributed by atoms with E-state index in [9.17, 15) is 4.79 Å². The Morgan fingerprint density at radius 3 is 2.45 bits per heavy atom. The number of fused-ring (bicyclic) bond motifs is 1. The highest BCUT2D eigenvalue weighted by atomic mass is 32.2. The van der Waals surface area contributed by atoms with Crippen LogP contribution < -0.4 is 4.90 Å². The fourth-order valence-corrected chi connectivity index (χ4v) is 4.49. The molecule has 1 atom stereocenters. The van der Waals surface area contributed by atoms with Gasteiger partial charge in [-0.1, -0.05) is 44.2 Å². The number of benzene rings is 2. The monoisotopic (exact) mass is 311 g/mol. The molecule has 0 fully saturated rings. The molecule has 0 saturated heterocycles. The third kappa shape index (κ3) is 2.91. The highest BCUT2D eigenvalue weighted by molar-refractivity contribution is 8.00. The fourth-order valence-electron chi connectivity index (χ4n) is 3.15. The molecule has 0 N–H and O–H groups in total. The Balaban J connectivity index is 2.08. The second kappa shape index (κ2) is 5.81. The van der Waals surface area contributed by atoms with E-state index in [-0.39, 0.29) is 16.7 Å². The first-order valence-corrected chi connectivity index (χ1v) is 8.46. The standard InChI is InChI=1S/C19H21NOS/c1-14-13-19(2,3)22-17-12-8-7-11-16(17)20(14)18(21)15-9-5-4-6-10-15/h4-12,14H,13H2,1-3H3. The molecule has 2 nitrogen and oxygen atoms in total. The molecule has 114 valence electrons. The van der Waals surface area contributed by atoms with Crippen molar-refractivity contribution >= 4 is 23.4 Å². The Kier molecular flexibility index (Phi) is 4.00. The van der Waals surface area contributed by atoms with Crippen molar-refractivity contribution in [3.63, 3.8) is 0 Å².